The van der Waals surface area contributed by atoms with Crippen molar-refractivity contribution < 1.29 is 9.47 Å². The molecule has 0 saturated heterocycles. The van der Waals surface area contributed by atoms with Crippen molar-refractivity contribution in [3.63, 3.8) is 0 Å². The number of rotatable bonds is 6. The molecule has 2 N–H and O–H groups in total. The van der Waals surface area contributed by atoms with Crippen LogP contribution in [0.4, 0.5) is 23.1 Å². The Kier molecular flexibility index (Phi) is 5.20. The van der Waals surface area contributed by atoms with E-state index >= 15 is 0 Å². The van der Waals surface area contributed by atoms with Crippen LogP contribution in [0, 0.1) is 0 Å². The molecule has 3 rings (SSSR count). The van der Waals surface area contributed by atoms with Gasteiger partial charge in [0.1, 0.15) is 17.3 Å². The average Bonchev–Trinajstić information content (AvgIpc) is 2.63. The minimum atomic E-state index is 0.430. The fourth-order valence-electron chi connectivity index (χ4n) is 2.21. The Hall–Kier alpha value is -2.99. The van der Waals surface area contributed by atoms with Crippen LogP contribution < -0.4 is 20.1 Å². The molecule has 0 aliphatic heterocycles. The van der Waals surface area contributed by atoms with Gasteiger partial charge in [-0.1, -0.05) is 11.6 Å². The van der Waals surface area contributed by atoms with Crippen molar-refractivity contribution in [2.45, 2.75) is 0 Å². The van der Waals surface area contributed by atoms with Crippen molar-refractivity contribution in [2.75, 3.05) is 24.9 Å². The Morgan fingerprint density at radius 3 is 2.44 bits per heavy atom. The average molecular weight is 357 g/mol. The van der Waals surface area contributed by atoms with Crippen molar-refractivity contribution in [2.24, 2.45) is 0 Å². The number of hydrogen-bond acceptors (Lipinski definition) is 6. The third-order valence-corrected chi connectivity index (χ3v) is 3.66. The fraction of sp³-hybridized carbons (Fsp3) is 0.111. The molecular formula is C18H17ClN4O2. The zero-order valence-electron chi connectivity index (χ0n) is 13.8. The van der Waals surface area contributed by atoms with E-state index in [0.29, 0.717) is 28.2 Å². The van der Waals surface area contributed by atoms with Crippen molar-refractivity contribution in [1.82, 2.24) is 9.97 Å². The summed E-state index contributed by atoms with van der Waals surface area (Å²) in [7, 11) is 3.23. The van der Waals surface area contributed by atoms with Crippen LogP contribution in [0.5, 0.6) is 11.5 Å². The first-order chi connectivity index (χ1) is 12.2. The molecule has 0 spiro atoms. The summed E-state index contributed by atoms with van der Waals surface area (Å²) >= 11 is 6.04. The van der Waals surface area contributed by atoms with Crippen molar-refractivity contribution >= 4 is 34.7 Å². The highest BCUT2D eigenvalue weighted by molar-refractivity contribution is 6.31. The van der Waals surface area contributed by atoms with Crippen LogP contribution in [-0.2, 0) is 0 Å². The Labute approximate surface area is 150 Å². The number of anilines is 4. The molecular weight excluding hydrogens is 340 g/mol. The third kappa shape index (κ3) is 4.30. The molecule has 0 bridgehead atoms. The van der Waals surface area contributed by atoms with Crippen LogP contribution in [0.1, 0.15) is 0 Å². The lowest BCUT2D eigenvalue weighted by molar-refractivity contribution is 0.415. The molecule has 25 heavy (non-hydrogen) atoms. The first-order valence-corrected chi connectivity index (χ1v) is 7.90. The smallest absolute Gasteiger partial charge is 0.229 e. The van der Waals surface area contributed by atoms with Crippen LogP contribution in [0.3, 0.4) is 0 Å². The van der Waals surface area contributed by atoms with E-state index in [4.69, 9.17) is 21.1 Å². The highest BCUT2D eigenvalue weighted by Crippen LogP contribution is 2.29. The lowest BCUT2D eigenvalue weighted by atomic mass is 10.3. The first kappa shape index (κ1) is 16.9. The second kappa shape index (κ2) is 7.72. The van der Waals surface area contributed by atoms with Gasteiger partial charge in [-0.25, -0.2) is 4.98 Å². The van der Waals surface area contributed by atoms with Crippen LogP contribution in [-0.4, -0.2) is 24.2 Å². The monoisotopic (exact) mass is 356 g/mol. The van der Waals surface area contributed by atoms with Gasteiger partial charge in [-0.05, 0) is 48.5 Å². The minimum Gasteiger partial charge on any atom is -0.497 e. The summed E-state index contributed by atoms with van der Waals surface area (Å²) in [5.74, 6) is 2.54. The maximum atomic E-state index is 6.04. The first-order valence-electron chi connectivity index (χ1n) is 7.52. The maximum Gasteiger partial charge on any atom is 0.229 e. The quantitative estimate of drug-likeness (QED) is 0.671. The van der Waals surface area contributed by atoms with Gasteiger partial charge in [0, 0.05) is 16.9 Å². The number of methoxy groups -OCH3 is 2. The van der Waals surface area contributed by atoms with Crippen LogP contribution in [0.2, 0.25) is 5.02 Å². The predicted molar refractivity (Wildman–Crippen MR) is 99.6 cm³/mol. The van der Waals surface area contributed by atoms with E-state index in [2.05, 4.69) is 20.6 Å². The van der Waals surface area contributed by atoms with Crippen LogP contribution in [0.15, 0.2) is 54.7 Å². The summed E-state index contributed by atoms with van der Waals surface area (Å²) in [6.45, 7) is 0. The fourth-order valence-corrected chi connectivity index (χ4v) is 2.38. The molecule has 0 atom stereocenters. The Morgan fingerprint density at radius 1 is 0.920 bits per heavy atom. The molecule has 1 aromatic heterocycles. The topological polar surface area (TPSA) is 68.3 Å². The molecule has 0 fully saturated rings. The van der Waals surface area contributed by atoms with E-state index < -0.39 is 0 Å². The number of nitrogens with one attached hydrogen (secondary N) is 2. The maximum absolute atomic E-state index is 6.04. The summed E-state index contributed by atoms with van der Waals surface area (Å²) < 4.78 is 10.5. The van der Waals surface area contributed by atoms with Gasteiger partial charge in [-0.3, -0.25) is 0 Å². The van der Waals surface area contributed by atoms with Gasteiger partial charge in [0.25, 0.3) is 0 Å². The number of benzene rings is 2. The van der Waals surface area contributed by atoms with Crippen molar-refractivity contribution in [3.05, 3.63) is 59.8 Å². The van der Waals surface area contributed by atoms with Gasteiger partial charge in [-0.2, -0.15) is 4.98 Å². The van der Waals surface area contributed by atoms with Gasteiger partial charge in [0.2, 0.25) is 5.95 Å². The minimum absolute atomic E-state index is 0.430. The molecule has 0 unspecified atom stereocenters. The molecule has 0 radical (unpaired) electrons. The summed E-state index contributed by atoms with van der Waals surface area (Å²) in [5, 5.41) is 6.93. The number of nitrogens with zero attached hydrogens (tertiary/aromatic N) is 2. The summed E-state index contributed by atoms with van der Waals surface area (Å²) in [5.41, 5.74) is 1.59. The molecule has 1 heterocycles. The van der Waals surface area contributed by atoms with Gasteiger partial charge in [-0.15, -0.1) is 0 Å². The van der Waals surface area contributed by atoms with E-state index in [0.717, 1.165) is 11.4 Å². The second-order valence-corrected chi connectivity index (χ2v) is 5.53. The third-order valence-electron chi connectivity index (χ3n) is 3.43. The van der Waals surface area contributed by atoms with Crippen molar-refractivity contribution in [3.8, 4) is 11.5 Å². The number of hydrogen-bond donors (Lipinski definition) is 2. The molecule has 6 nitrogen and oxygen atoms in total. The standard InChI is InChI=1S/C18H17ClN4O2/c1-24-14-6-4-13(5-7-14)21-17-9-10-20-18(23-17)22-15-11-12(19)3-8-16(15)25-2/h3-11H,1-2H3,(H2,20,21,22,23). The van der Waals surface area contributed by atoms with Crippen LogP contribution >= 0.6 is 11.6 Å². The van der Waals surface area contributed by atoms with Crippen LogP contribution in [0.25, 0.3) is 0 Å². The molecule has 3 aromatic rings. The largest absolute Gasteiger partial charge is 0.497 e. The Bertz CT molecular complexity index is 856. The van der Waals surface area contributed by atoms with Gasteiger partial charge in [0.15, 0.2) is 0 Å². The summed E-state index contributed by atoms with van der Waals surface area (Å²) in [4.78, 5) is 8.68. The molecule has 7 heteroatoms. The van der Waals surface area contributed by atoms with E-state index in [1.54, 1.807) is 44.7 Å². The number of aromatic nitrogens is 2. The molecule has 128 valence electrons. The SMILES string of the molecule is COc1ccc(Nc2ccnc(Nc3cc(Cl)ccc3OC)n2)cc1. The van der Waals surface area contributed by atoms with E-state index in [-0.39, 0.29) is 0 Å². The highest BCUT2D eigenvalue weighted by Gasteiger charge is 2.07. The van der Waals surface area contributed by atoms with Gasteiger partial charge in [0.05, 0.1) is 19.9 Å². The lowest BCUT2D eigenvalue weighted by Crippen LogP contribution is -2.01. The van der Waals surface area contributed by atoms with Crippen molar-refractivity contribution in [1.29, 1.82) is 0 Å². The zero-order valence-corrected chi connectivity index (χ0v) is 14.5. The van der Waals surface area contributed by atoms with Gasteiger partial charge >= 0.3 is 0 Å². The van der Waals surface area contributed by atoms with E-state index in [1.165, 1.54) is 0 Å². The summed E-state index contributed by atoms with van der Waals surface area (Å²) in [6.07, 6.45) is 1.66. The van der Waals surface area contributed by atoms with E-state index in [9.17, 15) is 0 Å². The second-order valence-electron chi connectivity index (χ2n) is 5.09. The number of ether oxygens (including phenoxy) is 2. The summed E-state index contributed by atoms with van der Waals surface area (Å²) in [6, 6.07) is 14.7. The number of halogens is 1. The molecule has 0 aliphatic rings. The Balaban J connectivity index is 1.78. The Morgan fingerprint density at radius 2 is 1.72 bits per heavy atom. The van der Waals surface area contributed by atoms with Gasteiger partial charge < -0.3 is 20.1 Å². The molecule has 2 aromatic carbocycles. The normalized spacial score (nSPS) is 10.2. The predicted octanol–water partition coefficient (Wildman–Crippen LogP) is 4.63. The molecule has 0 amide bonds. The molecule has 0 saturated carbocycles. The molecule has 0 aliphatic carbocycles. The van der Waals surface area contributed by atoms with E-state index in [1.807, 2.05) is 24.3 Å². The highest BCUT2D eigenvalue weighted by atomic mass is 35.5. The zero-order chi connectivity index (χ0) is 17.6. The lowest BCUT2D eigenvalue weighted by Gasteiger charge is -2.11.